The van der Waals surface area contributed by atoms with Crippen LogP contribution in [0.3, 0.4) is 0 Å². The lowest BCUT2D eigenvalue weighted by molar-refractivity contribution is 0.291. The monoisotopic (exact) mass is 299 g/mol. The van der Waals surface area contributed by atoms with Gasteiger partial charge in [-0.15, -0.1) is 0 Å². The smallest absolute Gasteiger partial charge is 0.166 e. The molecular formula is C19H25NO2. The number of ether oxygens (including phenoxy) is 2. The Balaban J connectivity index is 2.10. The number of methoxy groups -OCH3 is 1. The fourth-order valence-corrected chi connectivity index (χ4v) is 2.28. The molecule has 3 nitrogen and oxygen atoms in total. The van der Waals surface area contributed by atoms with Crippen molar-refractivity contribution in [3.8, 4) is 11.5 Å². The third-order valence-corrected chi connectivity index (χ3v) is 3.58. The summed E-state index contributed by atoms with van der Waals surface area (Å²) in [5, 5.41) is 3.44. The summed E-state index contributed by atoms with van der Waals surface area (Å²) in [4.78, 5) is 0. The molecule has 2 aromatic rings. The van der Waals surface area contributed by atoms with Crippen molar-refractivity contribution in [2.24, 2.45) is 0 Å². The number of hydrogen-bond donors (Lipinski definition) is 1. The Morgan fingerprint density at radius 3 is 2.41 bits per heavy atom. The van der Waals surface area contributed by atoms with Crippen LogP contribution in [-0.4, -0.2) is 13.7 Å². The minimum atomic E-state index is 0.693. The number of aryl methyl sites for hydroxylation is 1. The summed E-state index contributed by atoms with van der Waals surface area (Å²) in [5.74, 6) is 1.62. The second kappa shape index (κ2) is 8.32. The van der Waals surface area contributed by atoms with Gasteiger partial charge in [0.05, 0.1) is 13.7 Å². The van der Waals surface area contributed by atoms with E-state index in [1.54, 1.807) is 7.11 Å². The van der Waals surface area contributed by atoms with Crippen LogP contribution in [0.2, 0.25) is 0 Å². The third-order valence-electron chi connectivity index (χ3n) is 3.58. The molecule has 22 heavy (non-hydrogen) atoms. The first-order chi connectivity index (χ1) is 10.8. The Bertz CT molecular complexity index is 578. The zero-order valence-electron chi connectivity index (χ0n) is 13.7. The maximum atomic E-state index is 5.87. The topological polar surface area (TPSA) is 30.5 Å². The zero-order valence-corrected chi connectivity index (χ0v) is 13.7. The number of rotatable bonds is 8. The average Bonchev–Trinajstić information content (AvgIpc) is 2.58. The minimum absolute atomic E-state index is 0.693. The number of nitrogens with one attached hydrogen (secondary N) is 1. The van der Waals surface area contributed by atoms with Crippen molar-refractivity contribution >= 4 is 5.69 Å². The van der Waals surface area contributed by atoms with E-state index in [2.05, 4.69) is 49.5 Å². The molecule has 0 aliphatic rings. The summed E-state index contributed by atoms with van der Waals surface area (Å²) in [5.41, 5.74) is 3.56. The quantitative estimate of drug-likeness (QED) is 0.769. The van der Waals surface area contributed by atoms with E-state index >= 15 is 0 Å². The van der Waals surface area contributed by atoms with E-state index in [1.807, 2.05) is 12.1 Å². The summed E-state index contributed by atoms with van der Waals surface area (Å²) in [7, 11) is 1.68. The van der Waals surface area contributed by atoms with Gasteiger partial charge in [0.15, 0.2) is 11.5 Å². The highest BCUT2D eigenvalue weighted by Crippen LogP contribution is 2.31. The van der Waals surface area contributed by atoms with Crippen molar-refractivity contribution < 1.29 is 9.47 Å². The van der Waals surface area contributed by atoms with Crippen LogP contribution in [0.4, 0.5) is 5.69 Å². The van der Waals surface area contributed by atoms with Crippen LogP contribution in [0, 0.1) is 0 Å². The molecule has 0 bridgehead atoms. The molecule has 3 heteroatoms. The van der Waals surface area contributed by atoms with Gasteiger partial charge in [-0.1, -0.05) is 38.1 Å². The lowest BCUT2D eigenvalue weighted by atomic mass is 10.1. The van der Waals surface area contributed by atoms with Gasteiger partial charge in [0, 0.05) is 17.8 Å². The number of para-hydroxylation sites is 1. The van der Waals surface area contributed by atoms with E-state index < -0.39 is 0 Å². The molecule has 2 rings (SSSR count). The molecule has 0 unspecified atom stereocenters. The molecule has 0 atom stereocenters. The van der Waals surface area contributed by atoms with Crippen LogP contribution in [0.1, 0.15) is 31.4 Å². The SMILES string of the molecule is CCCOc1c(CNc2ccc(CC)cc2)cccc1OC. The second-order valence-electron chi connectivity index (χ2n) is 5.20. The standard InChI is InChI=1S/C19H25NO2/c1-4-13-22-19-16(7-6-8-18(19)21-3)14-20-17-11-9-15(5-2)10-12-17/h6-12,20H,4-5,13-14H2,1-3H3. The van der Waals surface area contributed by atoms with E-state index in [9.17, 15) is 0 Å². The zero-order chi connectivity index (χ0) is 15.8. The van der Waals surface area contributed by atoms with E-state index in [1.165, 1.54) is 5.56 Å². The molecule has 0 radical (unpaired) electrons. The molecule has 1 N–H and O–H groups in total. The molecule has 0 aromatic heterocycles. The van der Waals surface area contributed by atoms with Crippen molar-refractivity contribution in [3.05, 3.63) is 53.6 Å². The van der Waals surface area contributed by atoms with Crippen LogP contribution < -0.4 is 14.8 Å². The van der Waals surface area contributed by atoms with Gasteiger partial charge < -0.3 is 14.8 Å². The Kier molecular flexibility index (Phi) is 6.13. The predicted molar refractivity (Wildman–Crippen MR) is 91.9 cm³/mol. The van der Waals surface area contributed by atoms with Gasteiger partial charge in [-0.3, -0.25) is 0 Å². The lowest BCUT2D eigenvalue weighted by Gasteiger charge is -2.15. The molecule has 2 aromatic carbocycles. The highest BCUT2D eigenvalue weighted by atomic mass is 16.5. The van der Waals surface area contributed by atoms with E-state index in [-0.39, 0.29) is 0 Å². The number of benzene rings is 2. The summed E-state index contributed by atoms with van der Waals surface area (Å²) >= 11 is 0. The van der Waals surface area contributed by atoms with Crippen LogP contribution in [0.25, 0.3) is 0 Å². The molecule has 0 saturated carbocycles. The molecule has 0 aliphatic heterocycles. The highest BCUT2D eigenvalue weighted by molar-refractivity contribution is 5.50. The van der Waals surface area contributed by atoms with Gasteiger partial charge in [0.25, 0.3) is 0 Å². The van der Waals surface area contributed by atoms with Gasteiger partial charge in [-0.2, -0.15) is 0 Å². The van der Waals surface area contributed by atoms with Gasteiger partial charge in [-0.25, -0.2) is 0 Å². The van der Waals surface area contributed by atoms with Crippen LogP contribution in [-0.2, 0) is 13.0 Å². The van der Waals surface area contributed by atoms with Crippen LogP contribution in [0.5, 0.6) is 11.5 Å². The fourth-order valence-electron chi connectivity index (χ4n) is 2.28. The van der Waals surface area contributed by atoms with E-state index in [0.29, 0.717) is 13.2 Å². The maximum absolute atomic E-state index is 5.87. The first kappa shape index (κ1) is 16.2. The Labute approximate surface area is 133 Å². The summed E-state index contributed by atoms with van der Waals surface area (Å²) in [6.45, 7) is 5.67. The van der Waals surface area contributed by atoms with E-state index in [4.69, 9.17) is 9.47 Å². The minimum Gasteiger partial charge on any atom is -0.493 e. The summed E-state index contributed by atoms with van der Waals surface area (Å²) in [6, 6.07) is 14.5. The third kappa shape index (κ3) is 4.17. The second-order valence-corrected chi connectivity index (χ2v) is 5.20. The van der Waals surface area contributed by atoms with Crippen LogP contribution >= 0.6 is 0 Å². The normalized spacial score (nSPS) is 10.3. The van der Waals surface area contributed by atoms with Crippen molar-refractivity contribution in [2.75, 3.05) is 19.0 Å². The number of hydrogen-bond acceptors (Lipinski definition) is 3. The first-order valence-electron chi connectivity index (χ1n) is 7.90. The van der Waals surface area contributed by atoms with Gasteiger partial charge >= 0.3 is 0 Å². The molecule has 0 amide bonds. The number of anilines is 1. The van der Waals surface area contributed by atoms with Crippen molar-refractivity contribution in [2.45, 2.75) is 33.2 Å². The summed E-state index contributed by atoms with van der Waals surface area (Å²) in [6.07, 6.45) is 2.04. The fraction of sp³-hybridized carbons (Fsp3) is 0.368. The summed E-state index contributed by atoms with van der Waals surface area (Å²) < 4.78 is 11.3. The molecule has 0 spiro atoms. The lowest BCUT2D eigenvalue weighted by Crippen LogP contribution is -2.05. The van der Waals surface area contributed by atoms with Gasteiger partial charge in [0.1, 0.15) is 0 Å². The molecule has 0 fully saturated rings. The van der Waals surface area contributed by atoms with Crippen molar-refractivity contribution in [1.29, 1.82) is 0 Å². The van der Waals surface area contributed by atoms with Crippen molar-refractivity contribution in [1.82, 2.24) is 0 Å². The van der Waals surface area contributed by atoms with Crippen LogP contribution in [0.15, 0.2) is 42.5 Å². The molecule has 0 heterocycles. The van der Waals surface area contributed by atoms with E-state index in [0.717, 1.165) is 35.6 Å². The molecule has 0 aliphatic carbocycles. The molecule has 0 saturated heterocycles. The van der Waals surface area contributed by atoms with Gasteiger partial charge in [-0.05, 0) is 36.6 Å². The Hall–Kier alpha value is -2.16. The Morgan fingerprint density at radius 1 is 1.00 bits per heavy atom. The highest BCUT2D eigenvalue weighted by Gasteiger charge is 2.10. The largest absolute Gasteiger partial charge is 0.493 e. The Morgan fingerprint density at radius 2 is 1.77 bits per heavy atom. The maximum Gasteiger partial charge on any atom is 0.166 e. The average molecular weight is 299 g/mol. The molecular weight excluding hydrogens is 274 g/mol. The molecule has 118 valence electrons. The first-order valence-corrected chi connectivity index (χ1v) is 7.90. The predicted octanol–water partition coefficient (Wildman–Crippen LogP) is 4.66. The van der Waals surface area contributed by atoms with Gasteiger partial charge in [0.2, 0.25) is 0 Å². The van der Waals surface area contributed by atoms with Crippen molar-refractivity contribution in [3.63, 3.8) is 0 Å².